The van der Waals surface area contributed by atoms with E-state index in [0.29, 0.717) is 13.2 Å². The van der Waals surface area contributed by atoms with E-state index in [1.807, 2.05) is 0 Å². The number of aliphatic hydroxyl groups excluding tert-OH is 1. The Bertz CT molecular complexity index is 3380. The molecule has 0 spiro atoms. The van der Waals surface area contributed by atoms with Crippen LogP contribution in [0.2, 0.25) is 0 Å². The summed E-state index contributed by atoms with van der Waals surface area (Å²) in [6, 6.07) is 0. The summed E-state index contributed by atoms with van der Waals surface area (Å²) >= 11 is 0. The molecule has 5 rings (SSSR count). The first-order valence-electron chi connectivity index (χ1n) is 30.1. The second-order valence-electron chi connectivity index (χ2n) is 22.2. The second-order valence-corrected chi connectivity index (χ2v) is 28.6. The van der Waals surface area contributed by atoms with Gasteiger partial charge < -0.3 is 116 Å². The molecule has 0 amide bonds. The fourth-order valence-corrected chi connectivity index (χ4v) is 14.0. The smallest absolute Gasteiger partial charge is 0.397 e. The fraction of sp³-hybridized carbons (Fsp3) is 0.958. The van der Waals surface area contributed by atoms with Gasteiger partial charge in [0.25, 0.3) is 0 Å². The van der Waals surface area contributed by atoms with Crippen molar-refractivity contribution in [3.8, 4) is 0 Å². The van der Waals surface area contributed by atoms with Crippen LogP contribution in [0.25, 0.3) is 0 Å². The van der Waals surface area contributed by atoms with Crippen LogP contribution in [0, 0.1) is 5.92 Å². The van der Waals surface area contributed by atoms with E-state index in [4.69, 9.17) is 109 Å². The molecule has 5 aliphatic rings. The van der Waals surface area contributed by atoms with Gasteiger partial charge in [0.1, 0.15) is 104 Å². The van der Waals surface area contributed by atoms with E-state index in [9.17, 15) is 103 Å². The highest BCUT2D eigenvalue weighted by molar-refractivity contribution is 7.82. The third kappa shape index (κ3) is 26.5. The van der Waals surface area contributed by atoms with Crippen LogP contribution in [-0.4, -0.2) is 381 Å². The molecule has 5 heterocycles. The van der Waals surface area contributed by atoms with Gasteiger partial charge >= 0.3 is 74.3 Å². The number of carbonyl (C=O) groups is 2. The van der Waals surface area contributed by atoms with E-state index in [1.165, 1.54) is 6.92 Å². The first-order valence-corrected chi connectivity index (χ1v) is 38.3. The van der Waals surface area contributed by atoms with Gasteiger partial charge in [0.2, 0.25) is 0 Å². The maximum absolute atomic E-state index is 14.0. The standard InChI is InChI=1S/C48H85NO49S6/c1-9-48(47(53)54)40(94-44-36(77-6)31(74-3)27(23(89-44)19-85-99(55,56)57)83-17-16-82-15-14-81-13-12-80-11-10-49)34(76-5)37(78-7)46(95-48)93-29-25(21-87-101(61,62)63)90-45(39(98-104(70,71)72)33(29)96-102(64,65)66)92-26-22(41(50)51)18-84-35(30(26)73-2)42(52)91-28-24(20-86-100(58,59)60)88-43(79-8)38(32(28)75-4)97-103(67,68)69/h22-40,42-46,52H,9-21,49H2,1-8H3,(H,50,51)(H,53,54)(H,55,56,57)(H,58,59,60)(H,61,62,63)(H,64,65,66)(H,67,68,69)(H,70,71,72)/t22?,23?,24?,25?,26?,27?,28?,29?,30?,31?,32?,33?,34?,35-,36?,37?,38?,39?,40?,42?,43?,44?,45?,46?,48?/m1/s1. The van der Waals surface area contributed by atoms with Crippen LogP contribution in [0.15, 0.2) is 0 Å². The molecule has 5 aliphatic heterocycles. The van der Waals surface area contributed by atoms with E-state index >= 15 is 0 Å². The van der Waals surface area contributed by atoms with Crippen molar-refractivity contribution in [2.45, 2.75) is 160 Å². The molecule has 0 saturated carbocycles. The number of methoxy groups -OCH3 is 7. The maximum Gasteiger partial charge on any atom is 0.397 e. The minimum absolute atomic E-state index is 0.0584. The van der Waals surface area contributed by atoms with Crippen molar-refractivity contribution in [2.24, 2.45) is 11.7 Å². The Kier molecular flexibility index (Phi) is 35.8. The quantitative estimate of drug-likeness (QED) is 0.0154. The highest BCUT2D eigenvalue weighted by Gasteiger charge is 2.65. The molecule has 24 unspecified atom stereocenters. The Morgan fingerprint density at radius 3 is 1.29 bits per heavy atom. The van der Waals surface area contributed by atoms with E-state index < -0.39 is 260 Å². The normalized spacial score (nSPS) is 35.3. The summed E-state index contributed by atoms with van der Waals surface area (Å²) in [5.41, 5.74) is 2.44. The number of hydrogen-bond acceptors (Lipinski definition) is 42. The van der Waals surface area contributed by atoms with Crippen LogP contribution < -0.4 is 5.73 Å². The van der Waals surface area contributed by atoms with Crippen molar-refractivity contribution in [3.63, 3.8) is 0 Å². The molecule has 50 nitrogen and oxygen atoms in total. The van der Waals surface area contributed by atoms with Gasteiger partial charge in [-0.15, -0.1) is 0 Å². The topological polar surface area (TPSA) is 687 Å². The zero-order valence-electron chi connectivity index (χ0n) is 55.9. The molecule has 0 aromatic carbocycles. The number of rotatable bonds is 46. The number of carboxylic acid groups (broad SMARTS) is 2. The van der Waals surface area contributed by atoms with Gasteiger partial charge in [-0.25, -0.2) is 29.9 Å². The molecular formula is C48H85NO49S6. The third-order valence-corrected chi connectivity index (χ3v) is 18.6. The summed E-state index contributed by atoms with van der Waals surface area (Å²) in [6.45, 7) is -3.20. The van der Waals surface area contributed by atoms with Gasteiger partial charge in [-0.3, -0.25) is 32.1 Å². The van der Waals surface area contributed by atoms with Crippen LogP contribution in [0.3, 0.4) is 0 Å². The number of carboxylic acids is 2. The molecule has 25 atom stereocenters. The Balaban J connectivity index is 1.58. The lowest BCUT2D eigenvalue weighted by atomic mass is 9.83. The molecule has 11 N–H and O–H groups in total. The maximum atomic E-state index is 14.0. The van der Waals surface area contributed by atoms with Gasteiger partial charge in [0, 0.05) is 56.3 Å². The predicted molar refractivity (Wildman–Crippen MR) is 323 cm³/mol. The Morgan fingerprint density at radius 2 is 0.856 bits per heavy atom. The van der Waals surface area contributed by atoms with Crippen LogP contribution in [0.1, 0.15) is 13.3 Å². The molecule has 612 valence electrons. The van der Waals surface area contributed by atoms with E-state index in [0.717, 1.165) is 49.8 Å². The van der Waals surface area contributed by atoms with Gasteiger partial charge in [0.15, 0.2) is 49.3 Å². The van der Waals surface area contributed by atoms with Gasteiger partial charge in [-0.2, -0.15) is 50.5 Å². The Labute approximate surface area is 595 Å². The minimum Gasteiger partial charge on any atom is -0.481 e. The van der Waals surface area contributed by atoms with Crippen molar-refractivity contribution < 1.29 is 223 Å². The second kappa shape index (κ2) is 40.5. The molecule has 0 aromatic heterocycles. The number of ether oxygens (including phenoxy) is 20. The van der Waals surface area contributed by atoms with E-state index in [1.54, 1.807) is 0 Å². The molecule has 0 aliphatic carbocycles. The summed E-state index contributed by atoms with van der Waals surface area (Å²) in [6.07, 6.45) is -51.8. The molecule has 5 saturated heterocycles. The largest absolute Gasteiger partial charge is 0.481 e. The lowest BCUT2D eigenvalue weighted by Crippen LogP contribution is -2.72. The molecule has 0 bridgehead atoms. The van der Waals surface area contributed by atoms with Gasteiger partial charge in [-0.1, -0.05) is 6.92 Å². The number of hydrogen-bond donors (Lipinski definition) is 10. The number of nitrogens with two attached hydrogens (primary N) is 1. The fourth-order valence-electron chi connectivity index (χ4n) is 11.6. The summed E-state index contributed by atoms with van der Waals surface area (Å²) in [5, 5.41) is 33.7. The summed E-state index contributed by atoms with van der Waals surface area (Å²) in [4.78, 5) is 27.1. The highest BCUT2D eigenvalue weighted by atomic mass is 32.3. The predicted octanol–water partition coefficient (Wildman–Crippen LogP) is -7.14. The molecule has 5 fully saturated rings. The minimum atomic E-state index is -6.19. The summed E-state index contributed by atoms with van der Waals surface area (Å²) < 4.78 is 350. The zero-order valence-corrected chi connectivity index (χ0v) is 60.8. The van der Waals surface area contributed by atoms with Crippen LogP contribution in [0.4, 0.5) is 0 Å². The zero-order chi connectivity index (χ0) is 78.1. The molecule has 104 heavy (non-hydrogen) atoms. The molecular weight excluding hydrogens is 1570 g/mol. The van der Waals surface area contributed by atoms with E-state index in [-0.39, 0.29) is 39.6 Å². The average molecular weight is 1650 g/mol. The van der Waals surface area contributed by atoms with Crippen LogP contribution in [0.5, 0.6) is 0 Å². The van der Waals surface area contributed by atoms with Crippen LogP contribution >= 0.6 is 0 Å². The first kappa shape index (κ1) is 91.9. The van der Waals surface area contributed by atoms with Crippen molar-refractivity contribution in [1.82, 2.24) is 0 Å². The molecule has 0 aromatic rings. The lowest BCUT2D eigenvalue weighted by molar-refractivity contribution is -0.398. The Hall–Kier alpha value is -2.72. The van der Waals surface area contributed by atoms with Gasteiger partial charge in [-0.05, 0) is 6.42 Å². The third-order valence-electron chi connectivity index (χ3n) is 15.9. The van der Waals surface area contributed by atoms with E-state index in [2.05, 4.69) is 16.7 Å². The van der Waals surface area contributed by atoms with Gasteiger partial charge in [0.05, 0.1) is 72.7 Å². The molecule has 0 radical (unpaired) electrons. The highest BCUT2D eigenvalue weighted by Crippen LogP contribution is 2.44. The lowest BCUT2D eigenvalue weighted by Gasteiger charge is -2.53. The summed E-state index contributed by atoms with van der Waals surface area (Å²) in [7, 11) is -27.7. The van der Waals surface area contributed by atoms with Crippen molar-refractivity contribution in [2.75, 3.05) is 129 Å². The first-order chi connectivity index (χ1) is 48.5. The van der Waals surface area contributed by atoms with Crippen molar-refractivity contribution in [1.29, 1.82) is 0 Å². The number of aliphatic carboxylic acids is 2. The van der Waals surface area contributed by atoms with Crippen LogP contribution in [-0.2, 0) is 192 Å². The Morgan fingerprint density at radius 1 is 0.452 bits per heavy atom. The van der Waals surface area contributed by atoms with Crippen molar-refractivity contribution >= 4 is 74.3 Å². The average Bonchev–Trinajstić information content (AvgIpc) is 0.738. The number of aliphatic hydroxyl groups is 1. The SMILES string of the molecule is CCC1(C(=O)O)OC(OC2C(COS(=O)(=O)O)OC(OC3C(C(=O)O)CO[C@@H](C(O)OC4C(COS(=O)(=O)O)OC(OC)C(OS(=O)(=O)O)C4OC)C3OC)C(OS(=O)(=O)O)C2OS(=O)(=O)O)C(OC)C(OC)C1OC1OC(COS(=O)(=O)O)C(OCCOCCOCCOCCN)C(OC)C1OC. The monoisotopic (exact) mass is 1650 g/mol. The summed E-state index contributed by atoms with van der Waals surface area (Å²) in [5.74, 6) is -6.14. The molecule has 56 heteroatoms. The van der Waals surface area contributed by atoms with Crippen molar-refractivity contribution in [3.05, 3.63) is 0 Å².